The summed E-state index contributed by atoms with van der Waals surface area (Å²) in [6.45, 7) is 5.25. The van der Waals surface area contributed by atoms with Gasteiger partial charge in [-0.3, -0.25) is 4.79 Å². The molecule has 0 aliphatic carbocycles. The van der Waals surface area contributed by atoms with Gasteiger partial charge in [-0.2, -0.15) is 0 Å². The van der Waals surface area contributed by atoms with Crippen LogP contribution < -0.4 is 10.1 Å². The van der Waals surface area contributed by atoms with Gasteiger partial charge in [-0.05, 0) is 43.2 Å². The Bertz CT molecular complexity index is 1020. The average Bonchev–Trinajstić information content (AvgIpc) is 3.11. The third-order valence-electron chi connectivity index (χ3n) is 4.51. The van der Waals surface area contributed by atoms with Crippen LogP contribution in [-0.4, -0.2) is 32.8 Å². The number of allylic oxidation sites excluding steroid dienone is 1. The van der Waals surface area contributed by atoms with Crippen molar-refractivity contribution in [1.29, 1.82) is 0 Å². The van der Waals surface area contributed by atoms with E-state index in [0.29, 0.717) is 30.5 Å². The second kappa shape index (κ2) is 9.63. The molecule has 6 heteroatoms. The second-order valence-corrected chi connectivity index (χ2v) is 6.98. The molecular formula is C23H24ClNO4. The molecule has 2 aromatic carbocycles. The molecule has 0 radical (unpaired) electrons. The maximum atomic E-state index is 12.2. The van der Waals surface area contributed by atoms with Gasteiger partial charge in [0.05, 0.1) is 19.5 Å². The van der Waals surface area contributed by atoms with E-state index in [0.717, 1.165) is 33.2 Å². The summed E-state index contributed by atoms with van der Waals surface area (Å²) in [4.78, 5) is 12.2. The molecule has 0 atom stereocenters. The lowest BCUT2D eigenvalue weighted by molar-refractivity contribution is -0.116. The number of ether oxygens (including phenoxy) is 2. The minimum atomic E-state index is -0.174. The zero-order valence-electron chi connectivity index (χ0n) is 16.8. The first-order valence-corrected chi connectivity index (χ1v) is 9.80. The van der Waals surface area contributed by atoms with Crippen LogP contribution in [0.3, 0.4) is 0 Å². The molecule has 3 rings (SSSR count). The Morgan fingerprint density at radius 1 is 1.24 bits per heavy atom. The van der Waals surface area contributed by atoms with Gasteiger partial charge in [-0.15, -0.1) is 0 Å². The van der Waals surface area contributed by atoms with Crippen molar-refractivity contribution in [1.82, 2.24) is 5.32 Å². The summed E-state index contributed by atoms with van der Waals surface area (Å²) in [5.74, 6) is 0.502. The van der Waals surface area contributed by atoms with Gasteiger partial charge < -0.3 is 19.2 Å². The molecule has 0 spiro atoms. The highest BCUT2D eigenvalue weighted by atomic mass is 35.5. The van der Waals surface area contributed by atoms with Gasteiger partial charge in [-0.25, -0.2) is 0 Å². The number of hydrogen-bond donors (Lipinski definition) is 1. The van der Waals surface area contributed by atoms with Crippen LogP contribution in [0.4, 0.5) is 0 Å². The zero-order valence-corrected chi connectivity index (χ0v) is 17.5. The van der Waals surface area contributed by atoms with Crippen LogP contribution in [-0.2, 0) is 9.53 Å². The summed E-state index contributed by atoms with van der Waals surface area (Å²) in [5.41, 5.74) is 4.33. The van der Waals surface area contributed by atoms with Gasteiger partial charge in [0.25, 0.3) is 0 Å². The molecular weight excluding hydrogens is 390 g/mol. The highest BCUT2D eigenvalue weighted by Gasteiger charge is 2.15. The topological polar surface area (TPSA) is 60.7 Å². The number of halogens is 1. The monoisotopic (exact) mass is 413 g/mol. The normalized spacial score (nSPS) is 11.7. The summed E-state index contributed by atoms with van der Waals surface area (Å²) in [5, 5.41) is 4.42. The number of carbonyl (C=O) groups excluding carboxylic acids is 1. The average molecular weight is 414 g/mol. The van der Waals surface area contributed by atoms with E-state index in [1.54, 1.807) is 19.4 Å². The largest absolute Gasteiger partial charge is 0.493 e. The maximum absolute atomic E-state index is 12.2. The molecule has 1 amide bonds. The summed E-state index contributed by atoms with van der Waals surface area (Å²) in [7, 11) is 1.60. The Hall–Kier alpha value is -2.76. The van der Waals surface area contributed by atoms with E-state index in [9.17, 15) is 4.79 Å². The van der Waals surface area contributed by atoms with E-state index >= 15 is 0 Å². The fourth-order valence-corrected chi connectivity index (χ4v) is 3.22. The van der Waals surface area contributed by atoms with Crippen molar-refractivity contribution >= 4 is 34.1 Å². The predicted octanol–water partition coefficient (Wildman–Crippen LogP) is 5.32. The summed E-state index contributed by atoms with van der Waals surface area (Å²) >= 11 is 6.01. The van der Waals surface area contributed by atoms with E-state index in [4.69, 9.17) is 25.5 Å². The van der Waals surface area contributed by atoms with Gasteiger partial charge in [-0.1, -0.05) is 23.7 Å². The molecule has 0 saturated carbocycles. The SMILES string of the molecule is CCOc1cc2occ(-c3ccc(Cl)cc3)c2cc1/C(C)=C/C(=O)NCCOC. The van der Waals surface area contributed by atoms with Crippen molar-refractivity contribution in [2.75, 3.05) is 26.9 Å². The molecule has 1 heterocycles. The fourth-order valence-electron chi connectivity index (χ4n) is 3.09. The predicted molar refractivity (Wildman–Crippen MR) is 116 cm³/mol. The van der Waals surface area contributed by atoms with Crippen LogP contribution in [0, 0.1) is 0 Å². The number of hydrogen-bond acceptors (Lipinski definition) is 4. The lowest BCUT2D eigenvalue weighted by Crippen LogP contribution is -2.25. The number of nitrogens with one attached hydrogen (secondary N) is 1. The molecule has 29 heavy (non-hydrogen) atoms. The molecule has 1 aromatic heterocycles. The molecule has 0 aliphatic rings. The molecule has 5 nitrogen and oxygen atoms in total. The number of methoxy groups -OCH3 is 1. The third kappa shape index (κ3) is 5.00. The molecule has 1 N–H and O–H groups in total. The van der Waals surface area contributed by atoms with Crippen molar-refractivity contribution in [3.8, 4) is 16.9 Å². The van der Waals surface area contributed by atoms with E-state index in [1.807, 2.05) is 50.2 Å². The van der Waals surface area contributed by atoms with Crippen LogP contribution >= 0.6 is 11.6 Å². The Balaban J connectivity index is 2.02. The van der Waals surface area contributed by atoms with Gasteiger partial charge in [0.15, 0.2) is 0 Å². The number of fused-ring (bicyclic) bond motifs is 1. The van der Waals surface area contributed by atoms with Crippen LogP contribution in [0.15, 0.2) is 53.2 Å². The van der Waals surface area contributed by atoms with E-state index in [-0.39, 0.29) is 5.91 Å². The first-order chi connectivity index (χ1) is 14.0. The summed E-state index contributed by atoms with van der Waals surface area (Å²) in [6, 6.07) is 11.5. The third-order valence-corrected chi connectivity index (χ3v) is 4.76. The molecule has 152 valence electrons. The lowest BCUT2D eigenvalue weighted by Gasteiger charge is -2.12. The highest BCUT2D eigenvalue weighted by Crippen LogP contribution is 2.37. The van der Waals surface area contributed by atoms with Gasteiger partial charge in [0.2, 0.25) is 5.91 Å². The quantitative estimate of drug-likeness (QED) is 0.401. The van der Waals surface area contributed by atoms with Crippen molar-refractivity contribution in [3.63, 3.8) is 0 Å². The minimum Gasteiger partial charge on any atom is -0.493 e. The van der Waals surface area contributed by atoms with Crippen LogP contribution in [0.25, 0.3) is 27.7 Å². The van der Waals surface area contributed by atoms with Crippen molar-refractivity contribution < 1.29 is 18.7 Å². The van der Waals surface area contributed by atoms with Crippen molar-refractivity contribution in [2.45, 2.75) is 13.8 Å². The van der Waals surface area contributed by atoms with E-state index in [1.165, 1.54) is 0 Å². The molecule has 0 bridgehead atoms. The Kier molecular flexibility index (Phi) is 6.96. The Morgan fingerprint density at radius 3 is 2.69 bits per heavy atom. The highest BCUT2D eigenvalue weighted by molar-refractivity contribution is 6.30. The molecule has 0 aliphatic heterocycles. The van der Waals surface area contributed by atoms with Gasteiger partial charge in [0.1, 0.15) is 11.3 Å². The number of benzene rings is 2. The maximum Gasteiger partial charge on any atom is 0.244 e. The Labute approximate surface area is 175 Å². The van der Waals surface area contributed by atoms with Crippen LogP contribution in [0.2, 0.25) is 5.02 Å². The summed E-state index contributed by atoms with van der Waals surface area (Å²) in [6.07, 6.45) is 3.30. The number of rotatable bonds is 8. The standard InChI is InChI=1S/C23H24ClNO4/c1-4-28-21-13-22-19(20(14-29-22)16-5-7-17(24)8-6-16)12-18(21)15(2)11-23(26)25-9-10-27-3/h5-8,11-14H,4,9-10H2,1-3H3,(H,25,26)/b15-11+. The van der Waals surface area contributed by atoms with Crippen LogP contribution in [0.1, 0.15) is 19.4 Å². The van der Waals surface area contributed by atoms with E-state index < -0.39 is 0 Å². The van der Waals surface area contributed by atoms with Gasteiger partial charge in [0, 0.05) is 47.3 Å². The lowest BCUT2D eigenvalue weighted by atomic mass is 9.99. The van der Waals surface area contributed by atoms with Crippen molar-refractivity contribution in [3.05, 3.63) is 59.3 Å². The fraction of sp³-hybridized carbons (Fsp3) is 0.261. The molecule has 0 unspecified atom stereocenters. The zero-order chi connectivity index (χ0) is 20.8. The molecule has 0 fully saturated rings. The Morgan fingerprint density at radius 2 is 2.00 bits per heavy atom. The van der Waals surface area contributed by atoms with E-state index in [2.05, 4.69) is 5.32 Å². The minimum absolute atomic E-state index is 0.174. The number of amides is 1. The van der Waals surface area contributed by atoms with Crippen LogP contribution in [0.5, 0.6) is 5.75 Å². The first kappa shape index (κ1) is 21.0. The molecule has 3 aromatic rings. The smallest absolute Gasteiger partial charge is 0.244 e. The molecule has 0 saturated heterocycles. The number of furan rings is 1. The first-order valence-electron chi connectivity index (χ1n) is 9.43. The summed E-state index contributed by atoms with van der Waals surface area (Å²) < 4.78 is 16.5. The number of carbonyl (C=O) groups is 1. The van der Waals surface area contributed by atoms with Gasteiger partial charge >= 0.3 is 0 Å². The van der Waals surface area contributed by atoms with Crippen molar-refractivity contribution in [2.24, 2.45) is 0 Å². The second-order valence-electron chi connectivity index (χ2n) is 6.54.